The van der Waals surface area contributed by atoms with Crippen LogP contribution in [0.2, 0.25) is 0 Å². The summed E-state index contributed by atoms with van der Waals surface area (Å²) in [6.07, 6.45) is -4.31. The summed E-state index contributed by atoms with van der Waals surface area (Å²) in [6.45, 7) is 4.61. The van der Waals surface area contributed by atoms with Crippen molar-refractivity contribution in [2.45, 2.75) is 26.6 Å². The molecule has 3 aromatic rings. The van der Waals surface area contributed by atoms with Gasteiger partial charge in [0, 0.05) is 26.9 Å². The van der Waals surface area contributed by atoms with Crippen LogP contribution in [0.15, 0.2) is 60.7 Å². The lowest BCUT2D eigenvalue weighted by Gasteiger charge is -2.18. The molecule has 3 rings (SSSR count). The van der Waals surface area contributed by atoms with E-state index in [0.717, 1.165) is 34.5 Å². The second kappa shape index (κ2) is 7.92. The van der Waals surface area contributed by atoms with Crippen LogP contribution in [0.1, 0.15) is 22.3 Å². The minimum absolute atomic E-state index is 0.455. The summed E-state index contributed by atoms with van der Waals surface area (Å²) < 4.78 is 39.3. The molecule has 27 heavy (non-hydrogen) atoms. The van der Waals surface area contributed by atoms with Gasteiger partial charge in [-0.2, -0.15) is 13.2 Å². The molecule has 140 valence electrons. The van der Waals surface area contributed by atoms with E-state index in [1.807, 2.05) is 18.2 Å². The number of hydrogen-bond acceptors (Lipinski definition) is 1. The molecule has 0 atom stereocenters. The monoisotopic (exact) mass is 481 g/mol. The van der Waals surface area contributed by atoms with Crippen LogP contribution >= 0.6 is 22.6 Å². The van der Waals surface area contributed by atoms with E-state index in [4.69, 9.17) is 0 Å². The van der Waals surface area contributed by atoms with Gasteiger partial charge >= 0.3 is 6.18 Å². The standard InChI is InChI=1S/C22H19F3IN/c1-14-5-3-7-18(26)20(14)21-15(2)6-4-8-19(21)27-13-16-9-11-17(12-10-16)22(23,24)25/h3-12,27H,13H2,1-2H3. The number of hydrogen-bond donors (Lipinski definition) is 1. The minimum Gasteiger partial charge on any atom is -0.380 e. The van der Waals surface area contributed by atoms with Crippen LogP contribution in [0, 0.1) is 17.4 Å². The second-order valence-electron chi connectivity index (χ2n) is 6.48. The highest BCUT2D eigenvalue weighted by Gasteiger charge is 2.29. The first kappa shape index (κ1) is 19.7. The summed E-state index contributed by atoms with van der Waals surface area (Å²) in [5.41, 5.74) is 5.81. The maximum absolute atomic E-state index is 12.7. The van der Waals surface area contributed by atoms with Crippen molar-refractivity contribution >= 4 is 28.3 Å². The highest BCUT2D eigenvalue weighted by Crippen LogP contribution is 2.37. The minimum atomic E-state index is -4.31. The Morgan fingerprint density at radius 2 is 1.41 bits per heavy atom. The maximum atomic E-state index is 12.7. The van der Waals surface area contributed by atoms with Crippen molar-refractivity contribution in [1.29, 1.82) is 0 Å². The third kappa shape index (κ3) is 4.46. The Morgan fingerprint density at radius 3 is 2.00 bits per heavy atom. The maximum Gasteiger partial charge on any atom is 0.416 e. The van der Waals surface area contributed by atoms with Crippen molar-refractivity contribution < 1.29 is 13.2 Å². The number of anilines is 1. The number of halogens is 4. The molecule has 0 aromatic heterocycles. The molecule has 0 unspecified atom stereocenters. The zero-order valence-corrected chi connectivity index (χ0v) is 17.1. The highest BCUT2D eigenvalue weighted by molar-refractivity contribution is 14.1. The lowest BCUT2D eigenvalue weighted by atomic mass is 9.95. The number of nitrogens with one attached hydrogen (secondary N) is 1. The number of alkyl halides is 3. The Morgan fingerprint density at radius 1 is 0.815 bits per heavy atom. The lowest BCUT2D eigenvalue weighted by Crippen LogP contribution is -2.06. The molecule has 0 aliphatic heterocycles. The predicted molar refractivity (Wildman–Crippen MR) is 113 cm³/mol. The Hall–Kier alpha value is -2.02. The van der Waals surface area contributed by atoms with Gasteiger partial charge in [0.05, 0.1) is 5.56 Å². The molecule has 3 aromatic carbocycles. The van der Waals surface area contributed by atoms with Gasteiger partial charge < -0.3 is 5.32 Å². The summed E-state index contributed by atoms with van der Waals surface area (Å²) in [4.78, 5) is 0. The molecule has 0 radical (unpaired) electrons. The van der Waals surface area contributed by atoms with Crippen LogP contribution < -0.4 is 5.32 Å². The third-order valence-corrected chi connectivity index (χ3v) is 5.41. The molecule has 0 saturated carbocycles. The van der Waals surface area contributed by atoms with Crippen molar-refractivity contribution in [1.82, 2.24) is 0 Å². The van der Waals surface area contributed by atoms with Crippen LogP contribution in [-0.4, -0.2) is 0 Å². The molecule has 1 N–H and O–H groups in total. The Balaban J connectivity index is 1.90. The van der Waals surface area contributed by atoms with Crippen molar-refractivity contribution in [2.75, 3.05) is 5.32 Å². The third-order valence-electron chi connectivity index (χ3n) is 4.51. The molecule has 0 bridgehead atoms. The summed E-state index contributed by atoms with van der Waals surface area (Å²) in [5.74, 6) is 0. The van der Waals surface area contributed by atoms with Gasteiger partial charge in [-0.15, -0.1) is 0 Å². The fourth-order valence-electron chi connectivity index (χ4n) is 3.10. The zero-order chi connectivity index (χ0) is 19.6. The first-order valence-corrected chi connectivity index (χ1v) is 9.60. The van der Waals surface area contributed by atoms with Gasteiger partial charge in [-0.3, -0.25) is 0 Å². The molecule has 0 aliphatic rings. The van der Waals surface area contributed by atoms with Gasteiger partial charge in [0.25, 0.3) is 0 Å². The van der Waals surface area contributed by atoms with Gasteiger partial charge in [-0.25, -0.2) is 0 Å². The van der Waals surface area contributed by atoms with E-state index in [2.05, 4.69) is 60.0 Å². The van der Waals surface area contributed by atoms with Gasteiger partial charge in [-0.05, 0) is 77.4 Å². The Labute approximate surface area is 170 Å². The van der Waals surface area contributed by atoms with E-state index in [-0.39, 0.29) is 0 Å². The quantitative estimate of drug-likeness (QED) is 0.389. The fourth-order valence-corrected chi connectivity index (χ4v) is 4.01. The van der Waals surface area contributed by atoms with Crippen molar-refractivity contribution in [2.24, 2.45) is 0 Å². The van der Waals surface area contributed by atoms with E-state index >= 15 is 0 Å². The summed E-state index contributed by atoms with van der Waals surface area (Å²) >= 11 is 2.34. The first-order valence-electron chi connectivity index (χ1n) is 8.52. The highest BCUT2D eigenvalue weighted by atomic mass is 127. The van der Waals surface area contributed by atoms with E-state index in [9.17, 15) is 13.2 Å². The van der Waals surface area contributed by atoms with E-state index in [0.29, 0.717) is 6.54 Å². The molecule has 1 nitrogen and oxygen atoms in total. The van der Waals surface area contributed by atoms with Crippen molar-refractivity contribution in [3.63, 3.8) is 0 Å². The molecule has 0 heterocycles. The number of rotatable bonds is 4. The normalized spacial score (nSPS) is 11.5. The molecule has 0 spiro atoms. The molecule has 0 aliphatic carbocycles. The molecule has 0 amide bonds. The Kier molecular flexibility index (Phi) is 5.79. The van der Waals surface area contributed by atoms with Gasteiger partial charge in [0.15, 0.2) is 0 Å². The van der Waals surface area contributed by atoms with Crippen molar-refractivity contribution in [3.05, 3.63) is 86.5 Å². The molecule has 0 saturated heterocycles. The van der Waals surface area contributed by atoms with Crippen LogP contribution in [0.3, 0.4) is 0 Å². The van der Waals surface area contributed by atoms with E-state index in [1.165, 1.54) is 26.8 Å². The van der Waals surface area contributed by atoms with Crippen LogP contribution in [-0.2, 0) is 12.7 Å². The van der Waals surface area contributed by atoms with Gasteiger partial charge in [0.1, 0.15) is 0 Å². The SMILES string of the molecule is Cc1cccc(I)c1-c1c(C)cccc1NCc1ccc(C(F)(F)F)cc1. The zero-order valence-electron chi connectivity index (χ0n) is 15.0. The Bertz CT molecular complexity index is 927. The van der Waals surface area contributed by atoms with Gasteiger partial charge in [-0.1, -0.05) is 36.4 Å². The lowest BCUT2D eigenvalue weighted by molar-refractivity contribution is -0.137. The average Bonchev–Trinajstić information content (AvgIpc) is 2.61. The van der Waals surface area contributed by atoms with Gasteiger partial charge in [0.2, 0.25) is 0 Å². The molecule has 5 heteroatoms. The summed E-state index contributed by atoms with van der Waals surface area (Å²) in [6, 6.07) is 17.5. The second-order valence-corrected chi connectivity index (χ2v) is 7.64. The van der Waals surface area contributed by atoms with E-state index in [1.54, 1.807) is 0 Å². The summed E-state index contributed by atoms with van der Waals surface area (Å²) in [7, 11) is 0. The molecule has 0 fully saturated rings. The van der Waals surface area contributed by atoms with Crippen LogP contribution in [0.4, 0.5) is 18.9 Å². The van der Waals surface area contributed by atoms with Crippen molar-refractivity contribution in [3.8, 4) is 11.1 Å². The largest absolute Gasteiger partial charge is 0.416 e. The predicted octanol–water partition coefficient (Wildman–Crippen LogP) is 7.21. The summed E-state index contributed by atoms with van der Waals surface area (Å²) in [5, 5.41) is 3.40. The molecular formula is C22H19F3IN. The van der Waals surface area contributed by atoms with Crippen LogP contribution in [0.5, 0.6) is 0 Å². The number of benzene rings is 3. The fraction of sp³-hybridized carbons (Fsp3) is 0.182. The smallest absolute Gasteiger partial charge is 0.380 e. The van der Waals surface area contributed by atoms with E-state index < -0.39 is 11.7 Å². The number of aryl methyl sites for hydroxylation is 2. The molecular weight excluding hydrogens is 462 g/mol. The topological polar surface area (TPSA) is 12.0 Å². The van der Waals surface area contributed by atoms with Crippen LogP contribution in [0.25, 0.3) is 11.1 Å². The first-order chi connectivity index (χ1) is 12.8. The average molecular weight is 481 g/mol.